The third-order valence-corrected chi connectivity index (χ3v) is 10.1. The molecule has 52 heavy (non-hydrogen) atoms. The molecule has 2 aliphatic rings. The maximum absolute atomic E-state index is 16.6. The molecule has 1 aromatic heterocycles. The number of aliphatic carboxylic acids is 1. The summed E-state index contributed by atoms with van der Waals surface area (Å²) < 4.78 is 76.9. The van der Waals surface area contributed by atoms with Gasteiger partial charge in [-0.15, -0.1) is 5.92 Å². The Hall–Kier alpha value is -4.50. The van der Waals surface area contributed by atoms with E-state index < -0.39 is 70.8 Å². The van der Waals surface area contributed by atoms with Crippen LogP contribution in [0.2, 0.25) is 0 Å². The van der Waals surface area contributed by atoms with E-state index in [1.165, 1.54) is 13.0 Å². The first-order valence-electron chi connectivity index (χ1n) is 17.6. The minimum Gasteiger partial charge on any atom is -0.481 e. The molecule has 2 atom stereocenters. The van der Waals surface area contributed by atoms with E-state index in [-0.39, 0.29) is 29.0 Å². The van der Waals surface area contributed by atoms with Gasteiger partial charge in [0.05, 0.1) is 23.6 Å². The van der Waals surface area contributed by atoms with Crippen molar-refractivity contribution in [3.63, 3.8) is 0 Å². The molecule has 1 amide bonds. The summed E-state index contributed by atoms with van der Waals surface area (Å²) in [7, 11) is 0. The van der Waals surface area contributed by atoms with Gasteiger partial charge >= 0.3 is 12.1 Å². The van der Waals surface area contributed by atoms with Crippen molar-refractivity contribution in [1.29, 1.82) is 0 Å². The number of amides is 1. The molecular weight excluding hydrogens is 681 g/mol. The number of pyridine rings is 1. The van der Waals surface area contributed by atoms with Crippen LogP contribution in [0.3, 0.4) is 0 Å². The monoisotopic (exact) mass is 725 g/mol. The van der Waals surface area contributed by atoms with Crippen LogP contribution < -0.4 is 10.9 Å². The van der Waals surface area contributed by atoms with E-state index in [9.17, 15) is 32.7 Å². The number of nitrogens with zero attached hydrogens (tertiary/aromatic N) is 2. The van der Waals surface area contributed by atoms with Crippen LogP contribution in [-0.4, -0.2) is 45.6 Å². The summed E-state index contributed by atoms with van der Waals surface area (Å²) in [4.78, 5) is 42.1. The number of carbonyl (C=O) groups excluding carboxylic acids is 1. The zero-order chi connectivity index (χ0) is 38.1. The molecule has 3 aromatic rings. The van der Waals surface area contributed by atoms with Crippen molar-refractivity contribution in [3.8, 4) is 23.0 Å². The Morgan fingerprint density at radius 2 is 1.65 bits per heavy atom. The number of benzene rings is 2. The van der Waals surface area contributed by atoms with E-state index >= 15 is 8.78 Å². The van der Waals surface area contributed by atoms with Crippen LogP contribution in [0, 0.1) is 43.2 Å². The van der Waals surface area contributed by atoms with Crippen molar-refractivity contribution < 1.29 is 36.6 Å². The van der Waals surface area contributed by atoms with Gasteiger partial charge in [0.1, 0.15) is 17.7 Å². The minimum absolute atomic E-state index is 0.0313. The van der Waals surface area contributed by atoms with Gasteiger partial charge in [0.15, 0.2) is 0 Å². The number of carboxylic acids is 1. The lowest BCUT2D eigenvalue weighted by molar-refractivity contribution is -0.139. The number of hydrogen-bond acceptors (Lipinski definition) is 4. The second-order valence-electron chi connectivity index (χ2n) is 14.4. The number of piperidine rings is 1. The molecule has 0 bridgehead atoms. The largest absolute Gasteiger partial charge is 0.481 e. The number of nitrogens with one attached hydrogen (secondary N) is 1. The predicted molar refractivity (Wildman–Crippen MR) is 188 cm³/mol. The van der Waals surface area contributed by atoms with E-state index in [0.29, 0.717) is 54.7 Å². The fraction of sp³-hybridized carbons (Fsp3) is 0.475. The number of hydrogen-bond donors (Lipinski definition) is 2. The molecular formula is C40H44F5N3O4. The zero-order valence-electron chi connectivity index (χ0n) is 30.0. The number of likely N-dealkylation sites (tertiary alicyclic amines) is 1. The fourth-order valence-electron chi connectivity index (χ4n) is 7.47. The lowest BCUT2D eigenvalue weighted by atomic mass is 9.87. The van der Waals surface area contributed by atoms with Gasteiger partial charge in [0, 0.05) is 29.4 Å². The molecule has 1 aliphatic carbocycles. The molecule has 2 aromatic carbocycles. The van der Waals surface area contributed by atoms with Crippen molar-refractivity contribution in [2.45, 2.75) is 103 Å². The van der Waals surface area contributed by atoms with Gasteiger partial charge in [-0.2, -0.15) is 13.2 Å². The number of rotatable bonds is 11. The summed E-state index contributed by atoms with van der Waals surface area (Å²) >= 11 is 0. The molecule has 2 heterocycles. The van der Waals surface area contributed by atoms with Crippen molar-refractivity contribution in [1.82, 2.24) is 14.8 Å². The first-order valence-corrected chi connectivity index (χ1v) is 17.6. The smallest absolute Gasteiger partial charge is 0.416 e. The summed E-state index contributed by atoms with van der Waals surface area (Å²) in [5, 5.41) is 12.4. The quantitative estimate of drug-likeness (QED) is 0.154. The van der Waals surface area contributed by atoms with Gasteiger partial charge in [-0.05, 0) is 106 Å². The van der Waals surface area contributed by atoms with Gasteiger partial charge in [-0.3, -0.25) is 14.4 Å². The molecule has 2 fully saturated rings. The van der Waals surface area contributed by atoms with E-state index in [1.54, 1.807) is 45.9 Å². The Balaban J connectivity index is 1.60. The van der Waals surface area contributed by atoms with Crippen LogP contribution >= 0.6 is 0 Å². The molecule has 2 N–H and O–H groups in total. The minimum atomic E-state index is -4.82. The van der Waals surface area contributed by atoms with Gasteiger partial charge in [-0.25, -0.2) is 8.78 Å². The van der Waals surface area contributed by atoms with Crippen LogP contribution in [0.5, 0.6) is 0 Å². The number of carboxylic acid groups (broad SMARTS) is 1. The molecule has 0 unspecified atom stereocenters. The Bertz CT molecular complexity index is 1940. The van der Waals surface area contributed by atoms with E-state index in [4.69, 9.17) is 0 Å². The molecule has 7 nitrogen and oxygen atoms in total. The number of alkyl halides is 3. The average molecular weight is 726 g/mol. The molecule has 0 spiro atoms. The van der Waals surface area contributed by atoms with Crippen molar-refractivity contribution in [2.75, 3.05) is 13.1 Å². The molecule has 278 valence electrons. The second kappa shape index (κ2) is 15.6. The summed E-state index contributed by atoms with van der Waals surface area (Å²) in [6.07, 6.45) is -1.66. The summed E-state index contributed by atoms with van der Waals surface area (Å²) in [6.45, 7) is 9.68. The number of aromatic nitrogens is 1. The molecule has 12 heteroatoms. The van der Waals surface area contributed by atoms with E-state index in [2.05, 4.69) is 22.1 Å². The van der Waals surface area contributed by atoms with Gasteiger partial charge in [-0.1, -0.05) is 38.0 Å². The highest BCUT2D eigenvalue weighted by Crippen LogP contribution is 2.41. The topological polar surface area (TPSA) is 91.6 Å². The normalized spacial score (nSPS) is 16.7. The first kappa shape index (κ1) is 38.7. The summed E-state index contributed by atoms with van der Waals surface area (Å²) in [6, 6.07) is 4.30. The Morgan fingerprint density at radius 3 is 2.19 bits per heavy atom. The highest BCUT2D eigenvalue weighted by atomic mass is 19.4. The molecule has 1 saturated heterocycles. The molecule has 5 rings (SSSR count). The number of carbonyl (C=O) groups is 2. The third kappa shape index (κ3) is 8.41. The Kier molecular flexibility index (Phi) is 11.6. The van der Waals surface area contributed by atoms with Crippen LogP contribution in [-0.2, 0) is 15.8 Å². The molecule has 1 aliphatic heterocycles. The highest BCUT2D eigenvalue weighted by molar-refractivity contribution is 5.82. The van der Waals surface area contributed by atoms with Gasteiger partial charge < -0.3 is 19.9 Å². The Labute approximate surface area is 300 Å². The lowest BCUT2D eigenvalue weighted by Gasteiger charge is -2.34. The van der Waals surface area contributed by atoms with Crippen molar-refractivity contribution in [2.24, 2.45) is 5.92 Å². The van der Waals surface area contributed by atoms with Crippen LogP contribution in [0.1, 0.15) is 111 Å². The second-order valence-corrected chi connectivity index (χ2v) is 14.4. The predicted octanol–water partition coefficient (Wildman–Crippen LogP) is 8.06. The number of halogens is 5. The van der Waals surface area contributed by atoms with Crippen LogP contribution in [0.25, 0.3) is 11.1 Å². The Morgan fingerprint density at radius 1 is 1.02 bits per heavy atom. The van der Waals surface area contributed by atoms with Crippen molar-refractivity contribution >= 4 is 11.9 Å². The maximum atomic E-state index is 16.6. The molecule has 1 saturated carbocycles. The average Bonchev–Trinajstić information content (AvgIpc) is 3.91. The van der Waals surface area contributed by atoms with E-state index in [1.807, 2.05) is 0 Å². The highest BCUT2D eigenvalue weighted by Gasteiger charge is 2.40. The van der Waals surface area contributed by atoms with E-state index in [0.717, 1.165) is 23.6 Å². The maximum Gasteiger partial charge on any atom is 0.416 e. The van der Waals surface area contributed by atoms with Crippen molar-refractivity contribution in [3.05, 3.63) is 91.9 Å². The fourth-order valence-corrected chi connectivity index (χ4v) is 7.47. The summed E-state index contributed by atoms with van der Waals surface area (Å²) in [5.74, 6) is -0.260. The van der Waals surface area contributed by atoms with Crippen LogP contribution in [0.4, 0.5) is 22.0 Å². The first-order chi connectivity index (χ1) is 24.5. The standard InChI is InChI=1S/C40H44F5N3O4/c1-6-8-26-18-28(35-23(4)9-7-10-24(35)5)38(42)36(37(26)41)31(20-34(50)51)46-39(52)32(17-22(2)3)48-21-29(30(19-33(48)49)40(43,44)45)25-13-15-47(16-14-25)27-11-12-27/h7,9-10,18-19,21-22,25,27,31-32H,11-17,20H2,1-5H3,(H,46,52)(H,50,51)/t31-,32+/m0/s1. The number of aryl methyl sites for hydroxylation is 2. The lowest BCUT2D eigenvalue weighted by Crippen LogP contribution is -2.41. The summed E-state index contributed by atoms with van der Waals surface area (Å²) in [5.41, 5.74) is -1.41. The van der Waals surface area contributed by atoms with Gasteiger partial charge in [0.25, 0.3) is 5.56 Å². The zero-order valence-corrected chi connectivity index (χ0v) is 30.0. The molecule has 0 radical (unpaired) electrons. The van der Waals surface area contributed by atoms with Gasteiger partial charge in [0.2, 0.25) is 5.91 Å². The third-order valence-electron chi connectivity index (χ3n) is 10.1. The SMILES string of the molecule is CC#Cc1cc(-c2c(C)cccc2C)c(F)c([C@H](CC(=O)O)NC(=O)[C@@H](CC(C)C)n2cc(C3CCN(C4CC4)CC3)c(C(F)(F)F)cc2=O)c1F. The van der Waals surface area contributed by atoms with Crippen LogP contribution in [0.15, 0.2) is 41.3 Å².